The lowest BCUT2D eigenvalue weighted by molar-refractivity contribution is 0.408. The van der Waals surface area contributed by atoms with Gasteiger partial charge in [0.2, 0.25) is 0 Å². The second-order valence-corrected chi connectivity index (χ2v) is 2.57. The van der Waals surface area contributed by atoms with Gasteiger partial charge >= 0.3 is 0 Å². The molecule has 1 aromatic carbocycles. The molecule has 0 spiro atoms. The van der Waals surface area contributed by atoms with Crippen molar-refractivity contribution in [2.75, 3.05) is 0 Å². The highest BCUT2D eigenvalue weighted by Crippen LogP contribution is 2.19. The lowest BCUT2D eigenvalue weighted by Gasteiger charge is -2.00. The summed E-state index contributed by atoms with van der Waals surface area (Å²) in [5, 5.41) is 0. The minimum Gasteiger partial charge on any atom is -0.216 e. The van der Waals surface area contributed by atoms with Gasteiger partial charge < -0.3 is 0 Å². The molecular weight excluding hydrogens is 215 g/mol. The van der Waals surface area contributed by atoms with Gasteiger partial charge in [0, 0.05) is 5.56 Å². The van der Waals surface area contributed by atoms with E-state index in [1.807, 2.05) is 0 Å². The molecule has 15 heavy (non-hydrogen) atoms. The van der Waals surface area contributed by atoms with Gasteiger partial charge in [-0.1, -0.05) is 12.2 Å². The topological polar surface area (TPSA) is 0 Å². The Kier molecular flexibility index (Phi) is 3.60. The van der Waals surface area contributed by atoms with Crippen molar-refractivity contribution in [2.24, 2.45) is 0 Å². The van der Waals surface area contributed by atoms with E-state index in [1.165, 1.54) is 0 Å². The fourth-order valence-corrected chi connectivity index (χ4v) is 0.914. The summed E-state index contributed by atoms with van der Waals surface area (Å²) in [6, 6.07) is 0.482. The molecule has 0 aliphatic carbocycles. The maximum atomic E-state index is 12.9. The zero-order valence-corrected chi connectivity index (χ0v) is 7.28. The Balaban J connectivity index is 3.20. The van der Waals surface area contributed by atoms with Crippen molar-refractivity contribution in [1.29, 1.82) is 0 Å². The first kappa shape index (κ1) is 11.4. The zero-order chi connectivity index (χ0) is 11.4. The van der Waals surface area contributed by atoms with Crippen LogP contribution >= 0.6 is 0 Å². The van der Waals surface area contributed by atoms with Crippen LogP contribution < -0.4 is 0 Å². The monoisotopic (exact) mass is 220 g/mol. The number of halogens is 5. The van der Waals surface area contributed by atoms with Gasteiger partial charge in [0.05, 0.1) is 6.33 Å². The highest BCUT2D eigenvalue weighted by atomic mass is 19.2. The van der Waals surface area contributed by atoms with Crippen LogP contribution in [0.2, 0.25) is 0 Å². The zero-order valence-electron chi connectivity index (χ0n) is 7.28. The minimum atomic E-state index is -1.89. The predicted molar refractivity (Wildman–Crippen MR) is 45.6 cm³/mol. The smallest absolute Gasteiger partial charge is 0.198 e. The van der Waals surface area contributed by atoms with Crippen LogP contribution in [0.5, 0.6) is 0 Å². The average Bonchev–Trinajstić information content (AvgIpc) is 2.23. The molecule has 0 amide bonds. The van der Waals surface area contributed by atoms with Gasteiger partial charge in [-0.05, 0) is 12.1 Å². The van der Waals surface area contributed by atoms with Crippen LogP contribution in [0, 0.1) is 23.3 Å². The molecule has 0 bridgehead atoms. The van der Waals surface area contributed by atoms with Crippen molar-refractivity contribution in [2.45, 2.75) is 0 Å². The SMILES string of the molecule is FC=CC=Cc1cc(F)c(F)c(F)c1F. The summed E-state index contributed by atoms with van der Waals surface area (Å²) in [6.07, 6.45) is 2.98. The Morgan fingerprint density at radius 2 is 1.53 bits per heavy atom. The van der Waals surface area contributed by atoms with E-state index in [2.05, 4.69) is 0 Å². The first-order chi connectivity index (χ1) is 7.07. The second-order valence-electron chi connectivity index (χ2n) is 2.57. The third-order valence-electron chi connectivity index (χ3n) is 1.59. The first-order valence-electron chi connectivity index (χ1n) is 3.84. The molecule has 0 saturated heterocycles. The molecule has 0 atom stereocenters. The lowest BCUT2D eigenvalue weighted by Crippen LogP contribution is -1.97. The molecule has 5 heteroatoms. The number of hydrogen-bond acceptors (Lipinski definition) is 0. The Labute approximate surface area is 82.3 Å². The maximum Gasteiger partial charge on any atom is 0.198 e. The third kappa shape index (κ3) is 2.43. The Morgan fingerprint density at radius 3 is 2.13 bits per heavy atom. The van der Waals surface area contributed by atoms with Gasteiger partial charge in [-0.2, -0.15) is 0 Å². The van der Waals surface area contributed by atoms with E-state index in [-0.39, 0.29) is 6.33 Å². The molecule has 1 aromatic rings. The summed E-state index contributed by atoms with van der Waals surface area (Å²) in [5.74, 6) is -6.78. The van der Waals surface area contributed by atoms with Crippen molar-refractivity contribution >= 4 is 6.08 Å². The van der Waals surface area contributed by atoms with Crippen LogP contribution in [0.4, 0.5) is 22.0 Å². The fourth-order valence-electron chi connectivity index (χ4n) is 0.914. The fraction of sp³-hybridized carbons (Fsp3) is 0. The summed E-state index contributed by atoms with van der Waals surface area (Å²) in [7, 11) is 0. The Bertz CT molecular complexity index is 420. The summed E-state index contributed by atoms with van der Waals surface area (Å²) < 4.78 is 62.1. The maximum absolute atomic E-state index is 12.9. The average molecular weight is 220 g/mol. The number of benzene rings is 1. The lowest BCUT2D eigenvalue weighted by atomic mass is 10.1. The third-order valence-corrected chi connectivity index (χ3v) is 1.59. The van der Waals surface area contributed by atoms with Gasteiger partial charge in [-0.15, -0.1) is 0 Å². The number of hydrogen-bond donors (Lipinski definition) is 0. The molecule has 0 nitrogen and oxygen atoms in total. The molecule has 0 fully saturated rings. The van der Waals surface area contributed by atoms with Crippen molar-refractivity contribution in [3.8, 4) is 0 Å². The minimum absolute atomic E-state index is 0.157. The molecule has 0 aromatic heterocycles. The Hall–Kier alpha value is -1.65. The predicted octanol–water partition coefficient (Wildman–Crippen LogP) is 3.74. The summed E-state index contributed by atoms with van der Waals surface area (Å²) in [6.45, 7) is 0. The molecule has 0 radical (unpaired) electrons. The van der Waals surface area contributed by atoms with Crippen molar-refractivity contribution in [3.63, 3.8) is 0 Å². The summed E-state index contributed by atoms with van der Waals surface area (Å²) in [4.78, 5) is 0. The van der Waals surface area contributed by atoms with Gasteiger partial charge in [-0.25, -0.2) is 22.0 Å². The van der Waals surface area contributed by atoms with Crippen molar-refractivity contribution < 1.29 is 22.0 Å². The molecule has 0 saturated carbocycles. The Morgan fingerprint density at radius 1 is 0.867 bits per heavy atom. The second kappa shape index (κ2) is 4.72. The van der Waals surface area contributed by atoms with E-state index < -0.39 is 28.8 Å². The van der Waals surface area contributed by atoms with Gasteiger partial charge in [0.15, 0.2) is 23.3 Å². The molecular formula is C10H5F5. The van der Waals surface area contributed by atoms with E-state index in [0.717, 1.165) is 18.2 Å². The molecule has 0 aliphatic heterocycles. The standard InChI is InChI=1S/C10H5F5/c11-4-2-1-3-6-5-7(12)9(14)10(15)8(6)13/h1-5H. The van der Waals surface area contributed by atoms with E-state index in [1.54, 1.807) is 0 Å². The highest BCUT2D eigenvalue weighted by molar-refractivity contribution is 5.52. The number of rotatable bonds is 2. The van der Waals surface area contributed by atoms with E-state index >= 15 is 0 Å². The van der Waals surface area contributed by atoms with Crippen LogP contribution in [0.3, 0.4) is 0 Å². The molecule has 0 unspecified atom stereocenters. The normalized spacial score (nSPS) is 11.8. The van der Waals surface area contributed by atoms with Gasteiger partial charge in [0.25, 0.3) is 0 Å². The van der Waals surface area contributed by atoms with E-state index in [4.69, 9.17) is 0 Å². The van der Waals surface area contributed by atoms with E-state index in [0.29, 0.717) is 6.07 Å². The molecule has 1 rings (SSSR count). The molecule has 0 heterocycles. The van der Waals surface area contributed by atoms with Crippen LogP contribution in [0.1, 0.15) is 5.56 Å². The van der Waals surface area contributed by atoms with Crippen molar-refractivity contribution in [1.82, 2.24) is 0 Å². The highest BCUT2D eigenvalue weighted by Gasteiger charge is 2.16. The quantitative estimate of drug-likeness (QED) is 0.308. The van der Waals surface area contributed by atoms with Crippen LogP contribution in [0.15, 0.2) is 24.5 Å². The number of allylic oxidation sites excluding steroid dienone is 2. The molecule has 80 valence electrons. The largest absolute Gasteiger partial charge is 0.216 e. The molecule has 0 N–H and O–H groups in total. The van der Waals surface area contributed by atoms with Gasteiger partial charge in [-0.3, -0.25) is 0 Å². The molecule has 0 aliphatic rings. The summed E-state index contributed by atoms with van der Waals surface area (Å²) in [5.41, 5.74) is -0.496. The van der Waals surface area contributed by atoms with Crippen molar-refractivity contribution in [3.05, 3.63) is 53.4 Å². The summed E-state index contributed by atoms with van der Waals surface area (Å²) >= 11 is 0. The van der Waals surface area contributed by atoms with Crippen LogP contribution in [-0.2, 0) is 0 Å². The first-order valence-corrected chi connectivity index (χ1v) is 3.84. The van der Waals surface area contributed by atoms with Crippen LogP contribution in [0.25, 0.3) is 6.08 Å². The van der Waals surface area contributed by atoms with Gasteiger partial charge in [0.1, 0.15) is 0 Å². The van der Waals surface area contributed by atoms with Crippen LogP contribution in [-0.4, -0.2) is 0 Å². The van der Waals surface area contributed by atoms with E-state index in [9.17, 15) is 22.0 Å².